The molecule has 1 aromatic heterocycles. The summed E-state index contributed by atoms with van der Waals surface area (Å²) in [5.74, 6) is 0.137. The number of carbonyl (C=O) groups is 1. The number of rotatable bonds is 3. The SMILES string of the molecule is O=C(c1ccc2cc[nH]c2c1)N1CCN(C[C@@H]2CCCO2)CC1. The first kappa shape index (κ1) is 14.7. The molecule has 1 atom stereocenters. The molecule has 0 spiro atoms. The second-order valence-electron chi connectivity index (χ2n) is 6.51. The number of nitrogens with zero attached hydrogens (tertiary/aromatic N) is 2. The fourth-order valence-corrected chi connectivity index (χ4v) is 3.57. The number of ether oxygens (including phenoxy) is 1. The Bertz CT molecular complexity index is 682. The number of aromatic nitrogens is 1. The molecule has 0 unspecified atom stereocenters. The average Bonchev–Trinajstić information content (AvgIpc) is 3.25. The van der Waals surface area contributed by atoms with E-state index in [9.17, 15) is 4.79 Å². The summed E-state index contributed by atoms with van der Waals surface area (Å²) in [5, 5.41) is 1.14. The molecule has 2 fully saturated rings. The summed E-state index contributed by atoms with van der Waals surface area (Å²) in [7, 11) is 0. The van der Waals surface area contributed by atoms with Crippen LogP contribution in [0.4, 0.5) is 0 Å². The molecule has 0 aliphatic carbocycles. The van der Waals surface area contributed by atoms with E-state index in [4.69, 9.17) is 4.74 Å². The Morgan fingerprint density at radius 3 is 2.87 bits per heavy atom. The lowest BCUT2D eigenvalue weighted by Crippen LogP contribution is -2.50. The molecule has 5 heteroatoms. The zero-order valence-corrected chi connectivity index (χ0v) is 13.3. The predicted octanol–water partition coefficient (Wildman–Crippen LogP) is 2.10. The van der Waals surface area contributed by atoms with E-state index >= 15 is 0 Å². The van der Waals surface area contributed by atoms with Gasteiger partial charge in [-0.25, -0.2) is 0 Å². The number of piperazine rings is 1. The molecule has 23 heavy (non-hydrogen) atoms. The maximum atomic E-state index is 12.7. The third-order valence-electron chi connectivity index (χ3n) is 4.95. The zero-order valence-electron chi connectivity index (χ0n) is 13.3. The first-order valence-corrected chi connectivity index (χ1v) is 8.50. The molecular formula is C18H23N3O2. The largest absolute Gasteiger partial charge is 0.377 e. The van der Waals surface area contributed by atoms with Gasteiger partial charge in [-0.3, -0.25) is 9.69 Å². The van der Waals surface area contributed by atoms with Gasteiger partial charge in [0.25, 0.3) is 5.91 Å². The van der Waals surface area contributed by atoms with Crippen LogP contribution in [0.5, 0.6) is 0 Å². The van der Waals surface area contributed by atoms with Crippen LogP contribution in [0.1, 0.15) is 23.2 Å². The maximum absolute atomic E-state index is 12.7. The number of nitrogens with one attached hydrogen (secondary N) is 1. The smallest absolute Gasteiger partial charge is 0.254 e. The Morgan fingerprint density at radius 1 is 1.22 bits per heavy atom. The first-order chi connectivity index (χ1) is 11.3. The second kappa shape index (κ2) is 6.34. The topological polar surface area (TPSA) is 48.6 Å². The van der Waals surface area contributed by atoms with Gasteiger partial charge in [0.2, 0.25) is 0 Å². The van der Waals surface area contributed by atoms with E-state index in [1.807, 2.05) is 35.4 Å². The molecule has 1 amide bonds. The fraction of sp³-hybridized carbons (Fsp3) is 0.500. The van der Waals surface area contributed by atoms with E-state index in [2.05, 4.69) is 9.88 Å². The number of aromatic amines is 1. The van der Waals surface area contributed by atoms with Crippen molar-refractivity contribution in [2.24, 2.45) is 0 Å². The van der Waals surface area contributed by atoms with E-state index in [0.717, 1.165) is 55.8 Å². The normalized spacial score (nSPS) is 22.8. The van der Waals surface area contributed by atoms with Crippen LogP contribution in [0.2, 0.25) is 0 Å². The zero-order chi connectivity index (χ0) is 15.6. The fourth-order valence-electron chi connectivity index (χ4n) is 3.57. The van der Waals surface area contributed by atoms with E-state index in [1.165, 1.54) is 12.8 Å². The summed E-state index contributed by atoms with van der Waals surface area (Å²) >= 11 is 0. The number of carbonyl (C=O) groups excluding carboxylic acids is 1. The van der Waals surface area contributed by atoms with Crippen molar-refractivity contribution < 1.29 is 9.53 Å². The van der Waals surface area contributed by atoms with Gasteiger partial charge in [-0.2, -0.15) is 0 Å². The summed E-state index contributed by atoms with van der Waals surface area (Å²) in [6.45, 7) is 5.40. The van der Waals surface area contributed by atoms with Crippen LogP contribution in [0.25, 0.3) is 10.9 Å². The van der Waals surface area contributed by atoms with E-state index < -0.39 is 0 Å². The van der Waals surface area contributed by atoms with Crippen molar-refractivity contribution >= 4 is 16.8 Å². The Kier molecular flexibility index (Phi) is 4.06. The van der Waals surface area contributed by atoms with Crippen LogP contribution in [0.3, 0.4) is 0 Å². The van der Waals surface area contributed by atoms with Crippen molar-refractivity contribution in [3.8, 4) is 0 Å². The summed E-state index contributed by atoms with van der Waals surface area (Å²) in [6.07, 6.45) is 4.66. The van der Waals surface area contributed by atoms with Gasteiger partial charge in [0.1, 0.15) is 0 Å². The van der Waals surface area contributed by atoms with E-state index in [1.54, 1.807) is 0 Å². The van der Waals surface area contributed by atoms with Gasteiger partial charge in [0, 0.05) is 56.6 Å². The highest BCUT2D eigenvalue weighted by atomic mass is 16.5. The molecule has 4 rings (SSSR count). The van der Waals surface area contributed by atoms with Crippen LogP contribution in [0.15, 0.2) is 30.5 Å². The van der Waals surface area contributed by atoms with Crippen molar-refractivity contribution in [1.82, 2.24) is 14.8 Å². The Hall–Kier alpha value is -1.85. The van der Waals surface area contributed by atoms with Crippen LogP contribution >= 0.6 is 0 Å². The highest BCUT2D eigenvalue weighted by Gasteiger charge is 2.25. The highest BCUT2D eigenvalue weighted by molar-refractivity contribution is 5.98. The van der Waals surface area contributed by atoms with Crippen molar-refractivity contribution in [1.29, 1.82) is 0 Å². The molecule has 0 saturated carbocycles. The molecule has 0 bridgehead atoms. The molecule has 1 aromatic carbocycles. The van der Waals surface area contributed by atoms with Crippen molar-refractivity contribution in [2.75, 3.05) is 39.3 Å². The molecule has 122 valence electrons. The lowest BCUT2D eigenvalue weighted by atomic mass is 10.1. The van der Waals surface area contributed by atoms with Crippen LogP contribution in [-0.2, 0) is 4.74 Å². The first-order valence-electron chi connectivity index (χ1n) is 8.50. The summed E-state index contributed by atoms with van der Waals surface area (Å²) in [5.41, 5.74) is 1.79. The lowest BCUT2D eigenvalue weighted by Gasteiger charge is -2.35. The van der Waals surface area contributed by atoms with Gasteiger partial charge in [0.05, 0.1) is 6.10 Å². The summed E-state index contributed by atoms with van der Waals surface area (Å²) in [6, 6.07) is 7.91. The van der Waals surface area contributed by atoms with Gasteiger partial charge < -0.3 is 14.6 Å². The van der Waals surface area contributed by atoms with Crippen molar-refractivity contribution in [2.45, 2.75) is 18.9 Å². The summed E-state index contributed by atoms with van der Waals surface area (Å²) in [4.78, 5) is 20.3. The van der Waals surface area contributed by atoms with Crippen LogP contribution in [0, 0.1) is 0 Å². The number of amides is 1. The lowest BCUT2D eigenvalue weighted by molar-refractivity contribution is 0.0433. The monoisotopic (exact) mass is 313 g/mol. The third kappa shape index (κ3) is 3.12. The molecule has 5 nitrogen and oxygen atoms in total. The maximum Gasteiger partial charge on any atom is 0.254 e. The molecule has 2 aromatic rings. The molecule has 2 aliphatic rings. The molecule has 2 aliphatic heterocycles. The molecule has 3 heterocycles. The molecule has 1 N–H and O–H groups in total. The quantitative estimate of drug-likeness (QED) is 0.944. The number of hydrogen-bond donors (Lipinski definition) is 1. The predicted molar refractivity (Wildman–Crippen MR) is 89.6 cm³/mol. The van der Waals surface area contributed by atoms with Gasteiger partial charge in [0.15, 0.2) is 0 Å². The van der Waals surface area contributed by atoms with Crippen molar-refractivity contribution in [3.63, 3.8) is 0 Å². The minimum absolute atomic E-state index is 0.137. The average molecular weight is 313 g/mol. The number of fused-ring (bicyclic) bond motifs is 1. The Balaban J connectivity index is 1.36. The minimum Gasteiger partial charge on any atom is -0.377 e. The third-order valence-corrected chi connectivity index (χ3v) is 4.95. The van der Waals surface area contributed by atoms with Crippen LogP contribution in [-0.4, -0.2) is 66.1 Å². The Morgan fingerprint density at radius 2 is 2.09 bits per heavy atom. The minimum atomic E-state index is 0.137. The van der Waals surface area contributed by atoms with Crippen molar-refractivity contribution in [3.05, 3.63) is 36.0 Å². The Labute approximate surface area is 136 Å². The van der Waals surface area contributed by atoms with Gasteiger partial charge in [-0.05, 0) is 36.4 Å². The molecule has 2 saturated heterocycles. The molecular weight excluding hydrogens is 290 g/mol. The van der Waals surface area contributed by atoms with E-state index in [0.29, 0.717) is 6.10 Å². The van der Waals surface area contributed by atoms with Gasteiger partial charge in [-0.15, -0.1) is 0 Å². The second-order valence-corrected chi connectivity index (χ2v) is 6.51. The number of H-pyrrole nitrogens is 1. The standard InChI is InChI=1S/C18H23N3O2/c22-18(15-4-3-14-5-6-19-17(14)12-15)21-9-7-20(8-10-21)13-16-2-1-11-23-16/h3-6,12,16,19H,1-2,7-11,13H2/t16-/m0/s1. The number of hydrogen-bond acceptors (Lipinski definition) is 3. The van der Waals surface area contributed by atoms with E-state index in [-0.39, 0.29) is 5.91 Å². The van der Waals surface area contributed by atoms with Gasteiger partial charge >= 0.3 is 0 Å². The number of benzene rings is 1. The molecule has 0 radical (unpaired) electrons. The van der Waals surface area contributed by atoms with Crippen LogP contribution < -0.4 is 0 Å². The summed E-state index contributed by atoms with van der Waals surface area (Å²) < 4.78 is 5.71. The van der Waals surface area contributed by atoms with Gasteiger partial charge in [-0.1, -0.05) is 6.07 Å². The highest BCUT2D eigenvalue weighted by Crippen LogP contribution is 2.18.